The van der Waals surface area contributed by atoms with Gasteiger partial charge in [0.2, 0.25) is 0 Å². The van der Waals surface area contributed by atoms with Crippen LogP contribution >= 0.6 is 0 Å². The quantitative estimate of drug-likeness (QED) is 0.298. The van der Waals surface area contributed by atoms with E-state index < -0.39 is 0 Å². The predicted molar refractivity (Wildman–Crippen MR) is 119 cm³/mol. The fourth-order valence-corrected chi connectivity index (χ4v) is 3.29. The number of methoxy groups -OCH3 is 1. The summed E-state index contributed by atoms with van der Waals surface area (Å²) in [5.74, 6) is 1.77. The Morgan fingerprint density at radius 1 is 1.14 bits per heavy atom. The summed E-state index contributed by atoms with van der Waals surface area (Å²) in [6, 6.07) is 8.54. The summed E-state index contributed by atoms with van der Waals surface area (Å²) < 4.78 is 16.6. The van der Waals surface area contributed by atoms with E-state index in [2.05, 4.69) is 46.5 Å². The number of aliphatic imine (C=N–C) groups is 1. The van der Waals surface area contributed by atoms with Crippen molar-refractivity contribution in [3.05, 3.63) is 24.3 Å². The van der Waals surface area contributed by atoms with Crippen molar-refractivity contribution in [2.24, 2.45) is 4.99 Å². The van der Waals surface area contributed by atoms with Crippen molar-refractivity contribution < 1.29 is 14.2 Å². The molecule has 1 unspecified atom stereocenters. The molecular formula is C22H38N4O3. The first kappa shape index (κ1) is 23.3. The van der Waals surface area contributed by atoms with Crippen LogP contribution in [0, 0.1) is 0 Å². The van der Waals surface area contributed by atoms with Gasteiger partial charge in [-0.2, -0.15) is 0 Å². The summed E-state index contributed by atoms with van der Waals surface area (Å²) in [4.78, 5) is 7.00. The zero-order chi connectivity index (χ0) is 20.7. The monoisotopic (exact) mass is 406 g/mol. The number of unbranched alkanes of at least 4 members (excludes halogenated alkanes) is 1. The van der Waals surface area contributed by atoms with E-state index in [1.807, 2.05) is 12.1 Å². The minimum atomic E-state index is 0.352. The number of benzene rings is 1. The molecule has 1 aliphatic rings. The van der Waals surface area contributed by atoms with E-state index in [9.17, 15) is 0 Å². The van der Waals surface area contributed by atoms with Gasteiger partial charge in [0.05, 0.1) is 39.2 Å². The maximum Gasteiger partial charge on any atom is 0.191 e. The minimum absolute atomic E-state index is 0.352. The first-order valence-electron chi connectivity index (χ1n) is 10.9. The van der Waals surface area contributed by atoms with E-state index in [1.54, 1.807) is 7.11 Å². The molecule has 0 saturated carbocycles. The van der Waals surface area contributed by atoms with Crippen LogP contribution in [0.25, 0.3) is 0 Å². The second-order valence-electron chi connectivity index (χ2n) is 7.09. The fourth-order valence-electron chi connectivity index (χ4n) is 3.29. The van der Waals surface area contributed by atoms with Crippen LogP contribution in [0.5, 0.6) is 5.75 Å². The van der Waals surface area contributed by atoms with E-state index >= 15 is 0 Å². The summed E-state index contributed by atoms with van der Waals surface area (Å²) >= 11 is 0. The molecule has 7 nitrogen and oxygen atoms in total. The highest BCUT2D eigenvalue weighted by Crippen LogP contribution is 2.30. The third kappa shape index (κ3) is 8.50. The molecule has 1 fully saturated rings. The van der Waals surface area contributed by atoms with Crippen molar-refractivity contribution in [1.29, 1.82) is 0 Å². The molecule has 0 aliphatic carbocycles. The molecule has 0 amide bonds. The average Bonchev–Trinajstić information content (AvgIpc) is 3.21. The van der Waals surface area contributed by atoms with Gasteiger partial charge in [-0.25, -0.2) is 0 Å². The molecule has 7 heteroatoms. The summed E-state index contributed by atoms with van der Waals surface area (Å²) in [5.41, 5.74) is 1.15. The zero-order valence-electron chi connectivity index (χ0n) is 18.3. The molecule has 1 heterocycles. The molecule has 1 aromatic rings. The van der Waals surface area contributed by atoms with Gasteiger partial charge in [-0.05, 0) is 31.9 Å². The molecule has 29 heavy (non-hydrogen) atoms. The minimum Gasteiger partial charge on any atom is -0.495 e. The highest BCUT2D eigenvalue weighted by atomic mass is 16.5. The number of guanidine groups is 1. The number of rotatable bonds is 13. The van der Waals surface area contributed by atoms with E-state index in [0.717, 1.165) is 62.9 Å². The van der Waals surface area contributed by atoms with Crippen molar-refractivity contribution in [3.8, 4) is 5.75 Å². The number of hydrogen-bond donors (Lipinski definition) is 2. The molecule has 1 atom stereocenters. The van der Waals surface area contributed by atoms with Crippen LogP contribution in [0.2, 0.25) is 0 Å². The van der Waals surface area contributed by atoms with Gasteiger partial charge in [-0.1, -0.05) is 25.5 Å². The standard InChI is InChI=1S/C22H38N4O3/c1-4-6-14-28-16-17-29-15-12-24-22(23-5-2)25-19-11-13-26(18-19)20-9-7-8-10-21(20)27-3/h7-10,19H,4-6,11-18H2,1-3H3,(H2,23,24,25). The molecule has 0 radical (unpaired) electrons. The second-order valence-corrected chi connectivity index (χ2v) is 7.09. The SMILES string of the molecule is CCCCOCCOCCN=C(NCC)NC1CCN(c2ccccc2OC)C1. The summed E-state index contributed by atoms with van der Waals surface area (Å²) in [6.45, 7) is 10.3. The molecule has 1 saturated heterocycles. The van der Waals surface area contributed by atoms with Gasteiger partial charge < -0.3 is 29.7 Å². The molecule has 1 aromatic carbocycles. The van der Waals surface area contributed by atoms with Gasteiger partial charge in [0.15, 0.2) is 5.96 Å². The third-order valence-electron chi connectivity index (χ3n) is 4.82. The number of nitrogens with zero attached hydrogens (tertiary/aromatic N) is 2. The number of nitrogens with one attached hydrogen (secondary N) is 2. The lowest BCUT2D eigenvalue weighted by atomic mass is 10.2. The van der Waals surface area contributed by atoms with Crippen LogP contribution in [0.3, 0.4) is 0 Å². The van der Waals surface area contributed by atoms with Crippen molar-refractivity contribution in [3.63, 3.8) is 0 Å². The Bertz CT molecular complexity index is 597. The van der Waals surface area contributed by atoms with Crippen molar-refractivity contribution in [2.75, 3.05) is 64.6 Å². The van der Waals surface area contributed by atoms with Crippen LogP contribution < -0.4 is 20.3 Å². The second kappa shape index (κ2) is 14.1. The molecule has 0 aromatic heterocycles. The number of para-hydroxylation sites is 2. The van der Waals surface area contributed by atoms with Crippen LogP contribution in [-0.2, 0) is 9.47 Å². The van der Waals surface area contributed by atoms with E-state index in [-0.39, 0.29) is 0 Å². The molecule has 164 valence electrons. The van der Waals surface area contributed by atoms with Gasteiger partial charge in [0, 0.05) is 32.3 Å². The summed E-state index contributed by atoms with van der Waals surface area (Å²) in [6.07, 6.45) is 3.33. The topological polar surface area (TPSA) is 67.4 Å². The highest BCUT2D eigenvalue weighted by molar-refractivity contribution is 5.80. The maximum absolute atomic E-state index is 5.60. The lowest BCUT2D eigenvalue weighted by Crippen LogP contribution is -2.44. The number of hydrogen-bond acceptors (Lipinski definition) is 5. The lowest BCUT2D eigenvalue weighted by Gasteiger charge is -2.22. The first-order chi connectivity index (χ1) is 14.3. The Kier molecular flexibility index (Phi) is 11.3. The van der Waals surface area contributed by atoms with Gasteiger partial charge in [0.1, 0.15) is 5.75 Å². The van der Waals surface area contributed by atoms with E-state index in [0.29, 0.717) is 32.4 Å². The van der Waals surface area contributed by atoms with Crippen molar-refractivity contribution >= 4 is 11.6 Å². The van der Waals surface area contributed by atoms with Crippen molar-refractivity contribution in [2.45, 2.75) is 39.2 Å². The Hall–Kier alpha value is -1.99. The summed E-state index contributed by atoms with van der Waals surface area (Å²) in [7, 11) is 1.72. The van der Waals surface area contributed by atoms with Gasteiger partial charge in [0.25, 0.3) is 0 Å². The average molecular weight is 407 g/mol. The molecule has 0 spiro atoms. The predicted octanol–water partition coefficient (Wildman–Crippen LogP) is 2.66. The Balaban J connectivity index is 1.72. The van der Waals surface area contributed by atoms with Gasteiger partial charge >= 0.3 is 0 Å². The van der Waals surface area contributed by atoms with E-state index in [4.69, 9.17) is 14.2 Å². The first-order valence-corrected chi connectivity index (χ1v) is 10.9. The maximum atomic E-state index is 5.60. The lowest BCUT2D eigenvalue weighted by molar-refractivity contribution is 0.0497. The molecular weight excluding hydrogens is 368 g/mol. The third-order valence-corrected chi connectivity index (χ3v) is 4.82. The molecule has 2 N–H and O–H groups in total. The summed E-state index contributed by atoms with van der Waals surface area (Å²) in [5, 5.41) is 6.88. The molecule has 1 aliphatic heterocycles. The van der Waals surface area contributed by atoms with Gasteiger partial charge in [-0.3, -0.25) is 4.99 Å². The molecule has 2 rings (SSSR count). The highest BCUT2D eigenvalue weighted by Gasteiger charge is 2.25. The van der Waals surface area contributed by atoms with Crippen LogP contribution in [0.1, 0.15) is 33.1 Å². The van der Waals surface area contributed by atoms with Crippen molar-refractivity contribution in [1.82, 2.24) is 10.6 Å². The Morgan fingerprint density at radius 2 is 1.93 bits per heavy atom. The Labute approximate surface area is 175 Å². The van der Waals surface area contributed by atoms with E-state index in [1.165, 1.54) is 0 Å². The van der Waals surface area contributed by atoms with Crippen LogP contribution in [-0.4, -0.2) is 71.7 Å². The number of anilines is 1. The zero-order valence-corrected chi connectivity index (χ0v) is 18.3. The smallest absolute Gasteiger partial charge is 0.191 e. The van der Waals surface area contributed by atoms with Gasteiger partial charge in [-0.15, -0.1) is 0 Å². The van der Waals surface area contributed by atoms with Crippen LogP contribution in [0.15, 0.2) is 29.3 Å². The fraction of sp³-hybridized carbons (Fsp3) is 0.682. The largest absolute Gasteiger partial charge is 0.495 e. The Morgan fingerprint density at radius 3 is 2.69 bits per heavy atom. The number of ether oxygens (including phenoxy) is 3. The molecule has 0 bridgehead atoms. The van der Waals surface area contributed by atoms with Crippen LogP contribution in [0.4, 0.5) is 5.69 Å². The normalized spacial score (nSPS) is 16.9.